The average molecular weight is 252 g/mol. The summed E-state index contributed by atoms with van der Waals surface area (Å²) in [5.74, 6) is -2.54. The Bertz CT molecular complexity index is 345. The lowest BCUT2D eigenvalue weighted by Gasteiger charge is -2.09. The molecule has 0 bridgehead atoms. The Morgan fingerprint density at radius 1 is 1.19 bits per heavy atom. The van der Waals surface area contributed by atoms with Crippen LogP contribution in [0.3, 0.4) is 0 Å². The highest BCUT2D eigenvalue weighted by Crippen LogP contribution is 2.05. The molecule has 0 aromatic heterocycles. The zero-order valence-electron chi connectivity index (χ0n) is 9.56. The second kappa shape index (κ2) is 6.47. The molecule has 0 amide bonds. The van der Waals surface area contributed by atoms with E-state index in [1.807, 2.05) is 0 Å². The van der Waals surface area contributed by atoms with Gasteiger partial charge in [0.25, 0.3) is 0 Å². The molecule has 0 fully saturated rings. The number of sulfone groups is 1. The monoisotopic (exact) mass is 252 g/mol. The molecule has 16 heavy (non-hydrogen) atoms. The van der Waals surface area contributed by atoms with Crippen molar-refractivity contribution in [3.63, 3.8) is 0 Å². The fourth-order valence-corrected chi connectivity index (χ4v) is 2.62. The van der Waals surface area contributed by atoms with Gasteiger partial charge in [0, 0.05) is 0 Å². The highest BCUT2D eigenvalue weighted by atomic mass is 32.2. The summed E-state index contributed by atoms with van der Waals surface area (Å²) in [6.07, 6.45) is -0.202. The average Bonchev–Trinajstić information content (AvgIpc) is 2.24. The van der Waals surface area contributed by atoms with Crippen molar-refractivity contribution < 1.29 is 27.5 Å². The smallest absolute Gasteiger partial charge is 0.309 e. The molecule has 0 saturated carbocycles. The molecule has 0 saturated heterocycles. The molecule has 94 valence electrons. The molecule has 7 heteroatoms. The molecule has 1 unspecified atom stereocenters. The molecule has 0 aromatic rings. The second-order valence-corrected chi connectivity index (χ2v) is 5.59. The van der Waals surface area contributed by atoms with E-state index >= 15 is 0 Å². The van der Waals surface area contributed by atoms with Gasteiger partial charge in [0.1, 0.15) is 0 Å². The SMILES string of the molecule is COC(=O)CCS(=O)(=O)CC(C)C(=O)OC. The van der Waals surface area contributed by atoms with E-state index < -0.39 is 27.7 Å². The lowest BCUT2D eigenvalue weighted by Crippen LogP contribution is -2.25. The van der Waals surface area contributed by atoms with Gasteiger partial charge in [-0.15, -0.1) is 0 Å². The van der Waals surface area contributed by atoms with Crippen LogP contribution in [0.1, 0.15) is 13.3 Å². The van der Waals surface area contributed by atoms with Crippen molar-refractivity contribution in [3.8, 4) is 0 Å². The Morgan fingerprint density at radius 3 is 2.19 bits per heavy atom. The van der Waals surface area contributed by atoms with Crippen molar-refractivity contribution in [3.05, 3.63) is 0 Å². The molecule has 0 aliphatic rings. The minimum Gasteiger partial charge on any atom is -0.469 e. The van der Waals surface area contributed by atoms with Crippen molar-refractivity contribution in [1.82, 2.24) is 0 Å². The molecule has 0 radical (unpaired) electrons. The summed E-state index contributed by atoms with van der Waals surface area (Å²) in [7, 11) is -1.06. The van der Waals surface area contributed by atoms with Crippen LogP contribution in [-0.2, 0) is 28.9 Å². The number of hydrogen-bond donors (Lipinski definition) is 0. The van der Waals surface area contributed by atoms with Crippen LogP contribution in [0.5, 0.6) is 0 Å². The number of ether oxygens (including phenoxy) is 2. The Morgan fingerprint density at radius 2 is 1.75 bits per heavy atom. The standard InChI is InChI=1S/C9H16O6S/c1-7(9(11)15-3)6-16(12,13)5-4-8(10)14-2/h7H,4-6H2,1-3H3. The normalized spacial score (nSPS) is 12.9. The van der Waals surface area contributed by atoms with Crippen molar-refractivity contribution >= 4 is 21.8 Å². The predicted octanol–water partition coefficient (Wildman–Crippen LogP) is -0.227. The largest absolute Gasteiger partial charge is 0.469 e. The quantitative estimate of drug-likeness (QED) is 0.607. The molecule has 0 rings (SSSR count). The van der Waals surface area contributed by atoms with E-state index in [-0.39, 0.29) is 17.9 Å². The minimum atomic E-state index is -3.44. The van der Waals surface area contributed by atoms with Gasteiger partial charge in [-0.25, -0.2) is 8.42 Å². The Hall–Kier alpha value is -1.11. The maximum atomic E-state index is 11.5. The lowest BCUT2D eigenvalue weighted by molar-refractivity contribution is -0.144. The molecule has 6 nitrogen and oxygen atoms in total. The minimum absolute atomic E-state index is 0.202. The van der Waals surface area contributed by atoms with E-state index in [1.165, 1.54) is 21.1 Å². The third-order valence-corrected chi connectivity index (χ3v) is 3.79. The van der Waals surface area contributed by atoms with Gasteiger partial charge in [-0.3, -0.25) is 9.59 Å². The van der Waals surface area contributed by atoms with E-state index in [4.69, 9.17) is 0 Å². The number of esters is 2. The first-order valence-electron chi connectivity index (χ1n) is 4.67. The van der Waals surface area contributed by atoms with E-state index in [0.29, 0.717) is 0 Å². The number of carbonyl (C=O) groups is 2. The van der Waals surface area contributed by atoms with Crippen molar-refractivity contribution in [2.45, 2.75) is 13.3 Å². The van der Waals surface area contributed by atoms with Crippen molar-refractivity contribution in [1.29, 1.82) is 0 Å². The summed E-state index contributed by atoms with van der Waals surface area (Å²) in [6, 6.07) is 0. The van der Waals surface area contributed by atoms with Crippen LogP contribution in [0.2, 0.25) is 0 Å². The highest BCUT2D eigenvalue weighted by molar-refractivity contribution is 7.91. The molecule has 1 atom stereocenters. The van der Waals surface area contributed by atoms with Gasteiger partial charge >= 0.3 is 11.9 Å². The molecule has 0 heterocycles. The van der Waals surface area contributed by atoms with Crippen LogP contribution in [0.25, 0.3) is 0 Å². The lowest BCUT2D eigenvalue weighted by atomic mass is 10.2. The van der Waals surface area contributed by atoms with Crippen molar-refractivity contribution in [2.24, 2.45) is 5.92 Å². The Kier molecular flexibility index (Phi) is 6.02. The third-order valence-electron chi connectivity index (χ3n) is 1.95. The summed E-state index contributed by atoms with van der Waals surface area (Å²) in [4.78, 5) is 21.8. The van der Waals surface area contributed by atoms with Gasteiger partial charge in [-0.2, -0.15) is 0 Å². The fraction of sp³-hybridized carbons (Fsp3) is 0.778. The van der Waals surface area contributed by atoms with Crippen LogP contribution in [0.15, 0.2) is 0 Å². The molecule has 0 aromatic carbocycles. The molecular weight excluding hydrogens is 236 g/mol. The van der Waals surface area contributed by atoms with Crippen LogP contribution >= 0.6 is 0 Å². The molecule has 0 aliphatic heterocycles. The van der Waals surface area contributed by atoms with Crippen LogP contribution in [0, 0.1) is 5.92 Å². The van der Waals surface area contributed by atoms with Gasteiger partial charge in [0.2, 0.25) is 0 Å². The number of hydrogen-bond acceptors (Lipinski definition) is 6. The molecular formula is C9H16O6S. The zero-order valence-corrected chi connectivity index (χ0v) is 10.4. The van der Waals surface area contributed by atoms with Gasteiger partial charge in [0.05, 0.1) is 38.1 Å². The summed E-state index contributed by atoms with van der Waals surface area (Å²) in [5, 5.41) is 0. The van der Waals surface area contributed by atoms with Gasteiger partial charge in [-0.1, -0.05) is 6.92 Å². The third kappa shape index (κ3) is 5.69. The number of carbonyl (C=O) groups excluding carboxylic acids is 2. The zero-order chi connectivity index (χ0) is 12.8. The van der Waals surface area contributed by atoms with Gasteiger partial charge in [0.15, 0.2) is 9.84 Å². The first-order valence-corrected chi connectivity index (χ1v) is 6.49. The van der Waals surface area contributed by atoms with E-state index in [2.05, 4.69) is 9.47 Å². The highest BCUT2D eigenvalue weighted by Gasteiger charge is 2.22. The van der Waals surface area contributed by atoms with Crippen molar-refractivity contribution in [2.75, 3.05) is 25.7 Å². The fourth-order valence-electron chi connectivity index (χ4n) is 1.07. The maximum Gasteiger partial charge on any atom is 0.309 e. The maximum absolute atomic E-state index is 11.5. The summed E-state index contributed by atoms with van der Waals surface area (Å²) < 4.78 is 31.7. The second-order valence-electron chi connectivity index (χ2n) is 3.36. The topological polar surface area (TPSA) is 86.7 Å². The van der Waals surface area contributed by atoms with Gasteiger partial charge in [-0.05, 0) is 0 Å². The van der Waals surface area contributed by atoms with Gasteiger partial charge < -0.3 is 9.47 Å². The number of rotatable bonds is 6. The van der Waals surface area contributed by atoms with Crippen LogP contribution in [0.4, 0.5) is 0 Å². The van der Waals surface area contributed by atoms with Crippen LogP contribution < -0.4 is 0 Å². The van der Waals surface area contributed by atoms with Crippen LogP contribution in [-0.4, -0.2) is 46.1 Å². The molecule has 0 aliphatic carbocycles. The molecule has 0 N–H and O–H groups in total. The first-order chi connectivity index (χ1) is 7.32. The Balaban J connectivity index is 4.25. The van der Waals surface area contributed by atoms with E-state index in [0.717, 1.165) is 0 Å². The molecule has 0 spiro atoms. The first kappa shape index (κ1) is 14.9. The Labute approximate surface area is 94.8 Å². The predicted molar refractivity (Wildman–Crippen MR) is 56.5 cm³/mol. The van der Waals surface area contributed by atoms with E-state index in [9.17, 15) is 18.0 Å². The summed E-state index contributed by atoms with van der Waals surface area (Å²) in [5.41, 5.74) is 0. The number of methoxy groups -OCH3 is 2. The summed E-state index contributed by atoms with van der Waals surface area (Å²) in [6.45, 7) is 1.46. The van der Waals surface area contributed by atoms with E-state index in [1.54, 1.807) is 0 Å². The summed E-state index contributed by atoms with van der Waals surface area (Å²) >= 11 is 0.